The van der Waals surface area contributed by atoms with Gasteiger partial charge in [0.25, 0.3) is 0 Å². The first-order chi connectivity index (χ1) is 18.5. The van der Waals surface area contributed by atoms with Crippen LogP contribution in [0.4, 0.5) is 8.39 Å². The lowest BCUT2D eigenvalue weighted by atomic mass is 10.1. The number of halogens is 2. The van der Waals surface area contributed by atoms with Crippen LogP contribution >= 0.6 is 15.4 Å². The van der Waals surface area contributed by atoms with E-state index >= 15 is 0 Å². The summed E-state index contributed by atoms with van der Waals surface area (Å²) >= 11 is 0. The van der Waals surface area contributed by atoms with E-state index in [0.717, 1.165) is 38.5 Å². The SMILES string of the molecule is CCOP(=O)(F)CCCCCCCCCC(C)=O.CCOP(=O)(F)CCOCCOCCOCCOC(C)=O. The second-order valence-electron chi connectivity index (χ2n) is 8.57. The molecule has 0 heterocycles. The number of ether oxygens (including phenoxy) is 4. The van der Waals surface area contributed by atoms with Gasteiger partial charge in [-0.25, -0.2) is 0 Å². The van der Waals surface area contributed by atoms with Crippen molar-refractivity contribution in [2.75, 3.05) is 71.8 Å². The minimum atomic E-state index is -4.00. The molecule has 0 aromatic carbocycles. The van der Waals surface area contributed by atoms with E-state index in [4.69, 9.17) is 14.2 Å². The molecular formula is C25H50F2O10P2. The van der Waals surface area contributed by atoms with Crippen LogP contribution in [0.5, 0.6) is 0 Å². The largest absolute Gasteiger partial charge is 0.463 e. The maximum absolute atomic E-state index is 13.1. The van der Waals surface area contributed by atoms with Gasteiger partial charge in [0, 0.05) is 13.3 Å². The topological polar surface area (TPSA) is 124 Å². The van der Waals surface area contributed by atoms with Crippen molar-refractivity contribution in [3.05, 3.63) is 0 Å². The Morgan fingerprint density at radius 2 is 1.00 bits per heavy atom. The third-order valence-electron chi connectivity index (χ3n) is 4.88. The van der Waals surface area contributed by atoms with Gasteiger partial charge < -0.3 is 32.8 Å². The summed E-state index contributed by atoms with van der Waals surface area (Å²) in [7, 11) is -7.81. The number of carbonyl (C=O) groups excluding carboxylic acids is 2. The maximum Gasteiger partial charge on any atom is 0.369 e. The molecule has 0 aromatic heterocycles. The number of Topliss-reactive ketones (excluding diaryl/α,β-unsaturated/α-hetero) is 1. The molecule has 0 aliphatic heterocycles. The van der Waals surface area contributed by atoms with E-state index < -0.39 is 15.4 Å². The predicted octanol–water partition coefficient (Wildman–Crippen LogP) is 6.69. The first-order valence-corrected chi connectivity index (χ1v) is 17.1. The van der Waals surface area contributed by atoms with Crippen LogP contribution in [-0.4, -0.2) is 83.5 Å². The molecule has 0 bridgehead atoms. The summed E-state index contributed by atoms with van der Waals surface area (Å²) in [5, 5.41) is 0. The van der Waals surface area contributed by atoms with Gasteiger partial charge in [-0.3, -0.25) is 13.9 Å². The summed E-state index contributed by atoms with van der Waals surface area (Å²) in [4.78, 5) is 21.1. The average Bonchev–Trinajstić information content (AvgIpc) is 2.83. The summed E-state index contributed by atoms with van der Waals surface area (Å²) in [5.41, 5.74) is 0. The molecule has 2 atom stereocenters. The highest BCUT2D eigenvalue weighted by molar-refractivity contribution is 7.53. The van der Waals surface area contributed by atoms with E-state index in [-0.39, 0.29) is 57.1 Å². The van der Waals surface area contributed by atoms with Crippen LogP contribution in [0.15, 0.2) is 0 Å². The predicted molar refractivity (Wildman–Crippen MR) is 147 cm³/mol. The minimum Gasteiger partial charge on any atom is -0.463 e. The highest BCUT2D eigenvalue weighted by atomic mass is 31.2. The minimum absolute atomic E-state index is 0.0238. The zero-order valence-corrected chi connectivity index (χ0v) is 26.0. The monoisotopic (exact) mass is 610 g/mol. The molecule has 0 aliphatic rings. The molecule has 14 heteroatoms. The fourth-order valence-corrected chi connectivity index (χ4v) is 5.01. The zero-order valence-electron chi connectivity index (χ0n) is 24.2. The molecule has 0 rings (SSSR count). The van der Waals surface area contributed by atoms with Gasteiger partial charge in [0.2, 0.25) is 0 Å². The van der Waals surface area contributed by atoms with Crippen LogP contribution in [0.2, 0.25) is 0 Å². The Bertz CT molecular complexity index is 698. The van der Waals surface area contributed by atoms with E-state index in [1.165, 1.54) is 6.92 Å². The molecule has 0 fully saturated rings. The fourth-order valence-electron chi connectivity index (χ4n) is 3.03. The number of unbranched alkanes of at least 4 members (excludes halogenated alkanes) is 6. The molecular weight excluding hydrogens is 560 g/mol. The molecule has 0 N–H and O–H groups in total. The number of esters is 1. The van der Waals surface area contributed by atoms with Crippen molar-refractivity contribution < 1.29 is 55.1 Å². The number of hydrogen-bond acceptors (Lipinski definition) is 10. The highest BCUT2D eigenvalue weighted by Crippen LogP contribution is 2.49. The van der Waals surface area contributed by atoms with Crippen molar-refractivity contribution in [3.8, 4) is 0 Å². The fraction of sp³-hybridized carbons (Fsp3) is 0.920. The van der Waals surface area contributed by atoms with Crippen LogP contribution in [-0.2, 0) is 46.7 Å². The van der Waals surface area contributed by atoms with Crippen molar-refractivity contribution in [2.45, 2.75) is 79.1 Å². The molecule has 0 aromatic rings. The quantitative estimate of drug-likeness (QED) is 0.0594. The van der Waals surface area contributed by atoms with E-state index in [9.17, 15) is 27.1 Å². The lowest BCUT2D eigenvalue weighted by Gasteiger charge is -2.09. The molecule has 0 spiro atoms. The Morgan fingerprint density at radius 3 is 1.46 bits per heavy atom. The van der Waals surface area contributed by atoms with Crippen molar-refractivity contribution in [3.63, 3.8) is 0 Å². The first kappa shape index (κ1) is 40.4. The van der Waals surface area contributed by atoms with E-state index in [1.807, 2.05) is 0 Å². The Balaban J connectivity index is 0. The van der Waals surface area contributed by atoms with Gasteiger partial charge in [0.15, 0.2) is 0 Å². The Hall–Kier alpha value is -0.740. The summed E-state index contributed by atoms with van der Waals surface area (Å²) in [6.45, 7) is 8.36. The van der Waals surface area contributed by atoms with Crippen LogP contribution < -0.4 is 0 Å². The number of carbonyl (C=O) groups is 2. The smallest absolute Gasteiger partial charge is 0.369 e. The van der Waals surface area contributed by atoms with Gasteiger partial charge in [-0.15, -0.1) is 0 Å². The van der Waals surface area contributed by atoms with Gasteiger partial charge in [-0.1, -0.05) is 32.1 Å². The summed E-state index contributed by atoms with van der Waals surface area (Å²) in [6, 6.07) is 0. The van der Waals surface area contributed by atoms with Crippen LogP contribution in [0, 0.1) is 0 Å². The second kappa shape index (κ2) is 27.4. The molecule has 0 saturated heterocycles. The number of hydrogen-bond donors (Lipinski definition) is 0. The number of ketones is 1. The lowest BCUT2D eigenvalue weighted by molar-refractivity contribution is -0.142. The van der Waals surface area contributed by atoms with Crippen LogP contribution in [0.25, 0.3) is 0 Å². The normalized spacial score (nSPS) is 14.1. The highest BCUT2D eigenvalue weighted by Gasteiger charge is 2.20. The molecule has 234 valence electrons. The second-order valence-corrected chi connectivity index (χ2v) is 12.3. The summed E-state index contributed by atoms with van der Waals surface area (Å²) in [6.07, 6.45) is 7.31. The lowest BCUT2D eigenvalue weighted by Crippen LogP contribution is -2.13. The summed E-state index contributed by atoms with van der Waals surface area (Å²) < 4.78 is 77.5. The van der Waals surface area contributed by atoms with Gasteiger partial charge in [-0.05, 0) is 33.6 Å². The maximum atomic E-state index is 13.1. The van der Waals surface area contributed by atoms with Gasteiger partial charge in [0.1, 0.15) is 12.4 Å². The zero-order chi connectivity index (χ0) is 29.8. The Kier molecular flexibility index (Phi) is 28.4. The molecule has 0 amide bonds. The van der Waals surface area contributed by atoms with Crippen LogP contribution in [0.1, 0.15) is 79.1 Å². The molecule has 0 radical (unpaired) electrons. The Labute approximate surface area is 233 Å². The Morgan fingerprint density at radius 1 is 0.590 bits per heavy atom. The van der Waals surface area contributed by atoms with Crippen molar-refractivity contribution >= 4 is 27.1 Å². The van der Waals surface area contributed by atoms with E-state index in [1.54, 1.807) is 20.8 Å². The molecule has 0 aliphatic carbocycles. The summed E-state index contributed by atoms with van der Waals surface area (Å²) in [5.74, 6) is -0.0845. The van der Waals surface area contributed by atoms with E-state index in [0.29, 0.717) is 39.3 Å². The molecule has 0 saturated carbocycles. The standard InChI is InChI=1S/C13H26FO3P.C12H24FO7P/c1-3-17-18(14,16)12-10-8-6-4-5-7-9-11-13(2)15;1-3-20-21(13,15)11-10-18-7-6-16-4-5-17-8-9-19-12(2)14/h3-12H2,1-2H3;3-11H2,1-2H3. The third-order valence-corrected chi connectivity index (χ3v) is 7.73. The van der Waals surface area contributed by atoms with Crippen LogP contribution in [0.3, 0.4) is 0 Å². The van der Waals surface area contributed by atoms with Crippen molar-refractivity contribution in [2.24, 2.45) is 0 Å². The molecule has 39 heavy (non-hydrogen) atoms. The van der Waals surface area contributed by atoms with E-state index in [2.05, 4.69) is 13.8 Å². The molecule has 2 unspecified atom stereocenters. The average molecular weight is 611 g/mol. The van der Waals surface area contributed by atoms with Crippen molar-refractivity contribution in [1.82, 2.24) is 0 Å². The van der Waals surface area contributed by atoms with Crippen molar-refractivity contribution in [1.29, 1.82) is 0 Å². The molecule has 10 nitrogen and oxygen atoms in total. The number of rotatable bonds is 26. The van der Waals surface area contributed by atoms with Gasteiger partial charge in [0.05, 0.1) is 65.2 Å². The third kappa shape index (κ3) is 35.2. The first-order valence-electron chi connectivity index (χ1n) is 13.7. The van der Waals surface area contributed by atoms with Gasteiger partial charge in [-0.2, -0.15) is 8.39 Å². The van der Waals surface area contributed by atoms with Gasteiger partial charge >= 0.3 is 21.3 Å².